The van der Waals surface area contributed by atoms with Gasteiger partial charge >= 0.3 is 0 Å². The first-order valence-corrected chi connectivity index (χ1v) is 6.84. The van der Waals surface area contributed by atoms with Gasteiger partial charge in [0, 0.05) is 44.5 Å². The maximum absolute atomic E-state index is 6.28. The number of aryl methyl sites for hydroxylation is 1. The van der Waals surface area contributed by atoms with E-state index in [2.05, 4.69) is 28.3 Å². The molecule has 1 aromatic heterocycles. The molecule has 0 aromatic carbocycles. The molecule has 18 heavy (non-hydrogen) atoms. The Balaban J connectivity index is 1.93. The van der Waals surface area contributed by atoms with Crippen LogP contribution in [0.25, 0.3) is 0 Å². The number of nitrogens with two attached hydrogens (primary N) is 1. The van der Waals surface area contributed by atoms with Crippen LogP contribution in [-0.2, 0) is 17.7 Å². The zero-order chi connectivity index (χ0) is 13.0. The molecule has 0 spiro atoms. The van der Waals surface area contributed by atoms with Gasteiger partial charge in [0.05, 0.1) is 12.7 Å². The van der Waals surface area contributed by atoms with E-state index in [1.54, 1.807) is 0 Å². The molecule has 0 aliphatic carbocycles. The van der Waals surface area contributed by atoms with Crippen molar-refractivity contribution in [2.75, 3.05) is 26.2 Å². The van der Waals surface area contributed by atoms with Gasteiger partial charge < -0.3 is 15.0 Å². The van der Waals surface area contributed by atoms with Crippen LogP contribution in [0.3, 0.4) is 0 Å². The highest BCUT2D eigenvalue weighted by molar-refractivity contribution is 4.97. The van der Waals surface area contributed by atoms with Gasteiger partial charge in [-0.3, -0.25) is 4.90 Å². The van der Waals surface area contributed by atoms with Gasteiger partial charge in [-0.15, -0.1) is 0 Å². The molecule has 1 aliphatic rings. The van der Waals surface area contributed by atoms with Crippen LogP contribution in [0.15, 0.2) is 12.4 Å². The van der Waals surface area contributed by atoms with Gasteiger partial charge in [-0.25, -0.2) is 4.98 Å². The second-order valence-electron chi connectivity index (χ2n) is 4.80. The molecule has 2 unspecified atom stereocenters. The SMILES string of the molecule is CCN1CCOC(C(N)Cc2nccn2CC)C1. The monoisotopic (exact) mass is 252 g/mol. The molecule has 1 aromatic rings. The second kappa shape index (κ2) is 6.31. The van der Waals surface area contributed by atoms with Gasteiger partial charge in [-0.2, -0.15) is 0 Å². The van der Waals surface area contributed by atoms with E-state index in [1.807, 2.05) is 12.4 Å². The highest BCUT2D eigenvalue weighted by Gasteiger charge is 2.26. The van der Waals surface area contributed by atoms with Gasteiger partial charge in [0.2, 0.25) is 0 Å². The average molecular weight is 252 g/mol. The highest BCUT2D eigenvalue weighted by atomic mass is 16.5. The first-order valence-electron chi connectivity index (χ1n) is 6.84. The van der Waals surface area contributed by atoms with E-state index in [9.17, 15) is 0 Å². The van der Waals surface area contributed by atoms with Crippen molar-refractivity contribution in [3.63, 3.8) is 0 Å². The van der Waals surface area contributed by atoms with Gasteiger partial charge in [0.25, 0.3) is 0 Å². The third-order valence-electron chi connectivity index (χ3n) is 3.66. The summed E-state index contributed by atoms with van der Waals surface area (Å²) in [6, 6.07) is 0.0204. The second-order valence-corrected chi connectivity index (χ2v) is 4.80. The molecule has 0 amide bonds. The lowest BCUT2D eigenvalue weighted by molar-refractivity contribution is -0.0388. The van der Waals surface area contributed by atoms with E-state index >= 15 is 0 Å². The third-order valence-corrected chi connectivity index (χ3v) is 3.66. The van der Waals surface area contributed by atoms with Crippen LogP contribution in [-0.4, -0.2) is 52.8 Å². The molecule has 2 rings (SSSR count). The molecule has 5 nitrogen and oxygen atoms in total. The van der Waals surface area contributed by atoms with Gasteiger partial charge in [-0.1, -0.05) is 6.92 Å². The minimum absolute atomic E-state index is 0.0204. The summed E-state index contributed by atoms with van der Waals surface area (Å²) < 4.78 is 7.93. The van der Waals surface area contributed by atoms with Crippen LogP contribution in [0.1, 0.15) is 19.7 Å². The number of rotatable bonds is 5. The lowest BCUT2D eigenvalue weighted by Crippen LogP contribution is -2.51. The number of imidazole rings is 1. The Morgan fingerprint density at radius 3 is 3.06 bits per heavy atom. The number of morpholine rings is 1. The van der Waals surface area contributed by atoms with Gasteiger partial charge in [0.1, 0.15) is 5.82 Å². The zero-order valence-electron chi connectivity index (χ0n) is 11.4. The fourth-order valence-corrected chi connectivity index (χ4v) is 2.44. The largest absolute Gasteiger partial charge is 0.374 e. The van der Waals surface area contributed by atoms with Crippen LogP contribution < -0.4 is 5.73 Å². The first kappa shape index (κ1) is 13.5. The van der Waals surface area contributed by atoms with Crippen molar-refractivity contribution >= 4 is 0 Å². The van der Waals surface area contributed by atoms with Crippen molar-refractivity contribution in [3.05, 3.63) is 18.2 Å². The Kier molecular flexibility index (Phi) is 4.74. The molecule has 2 heterocycles. The minimum Gasteiger partial charge on any atom is -0.374 e. The molecule has 1 aliphatic heterocycles. The molecule has 2 N–H and O–H groups in total. The summed E-state index contributed by atoms with van der Waals surface area (Å²) in [5.41, 5.74) is 6.28. The summed E-state index contributed by atoms with van der Waals surface area (Å²) in [7, 11) is 0. The van der Waals surface area contributed by atoms with Crippen molar-refractivity contribution < 1.29 is 4.74 Å². The number of ether oxygens (including phenoxy) is 1. The molecular weight excluding hydrogens is 228 g/mol. The van der Waals surface area contributed by atoms with E-state index in [4.69, 9.17) is 10.5 Å². The average Bonchev–Trinajstić information content (AvgIpc) is 2.86. The molecular formula is C13H24N4O. The lowest BCUT2D eigenvalue weighted by Gasteiger charge is -2.35. The quantitative estimate of drug-likeness (QED) is 0.829. The molecule has 0 bridgehead atoms. The zero-order valence-corrected chi connectivity index (χ0v) is 11.4. The Hall–Kier alpha value is -0.910. The maximum Gasteiger partial charge on any atom is 0.110 e. The van der Waals surface area contributed by atoms with E-state index in [1.165, 1.54) is 0 Å². The number of hydrogen-bond acceptors (Lipinski definition) is 4. The Morgan fingerprint density at radius 2 is 2.33 bits per heavy atom. The Morgan fingerprint density at radius 1 is 1.50 bits per heavy atom. The van der Waals surface area contributed by atoms with Crippen molar-refractivity contribution in [2.45, 2.75) is 39.0 Å². The number of nitrogens with zero attached hydrogens (tertiary/aromatic N) is 3. The van der Waals surface area contributed by atoms with Crippen molar-refractivity contribution in [3.8, 4) is 0 Å². The smallest absolute Gasteiger partial charge is 0.110 e. The molecule has 5 heteroatoms. The minimum atomic E-state index is 0.0204. The molecule has 1 saturated heterocycles. The van der Waals surface area contributed by atoms with Gasteiger partial charge in [0.15, 0.2) is 0 Å². The highest BCUT2D eigenvalue weighted by Crippen LogP contribution is 2.11. The van der Waals surface area contributed by atoms with Crippen molar-refractivity contribution in [1.29, 1.82) is 0 Å². The lowest BCUT2D eigenvalue weighted by atomic mass is 10.1. The molecule has 2 atom stereocenters. The predicted molar refractivity (Wildman–Crippen MR) is 71.4 cm³/mol. The van der Waals surface area contributed by atoms with E-state index in [0.717, 1.165) is 45.0 Å². The fourth-order valence-electron chi connectivity index (χ4n) is 2.44. The maximum atomic E-state index is 6.28. The van der Waals surface area contributed by atoms with Crippen LogP contribution in [0.4, 0.5) is 0 Å². The van der Waals surface area contributed by atoms with Crippen molar-refractivity contribution in [2.24, 2.45) is 5.73 Å². The van der Waals surface area contributed by atoms with Crippen molar-refractivity contribution in [1.82, 2.24) is 14.5 Å². The van der Waals surface area contributed by atoms with Crippen LogP contribution in [0, 0.1) is 0 Å². The first-order chi connectivity index (χ1) is 8.74. The van der Waals surface area contributed by atoms with Crippen LogP contribution >= 0.6 is 0 Å². The number of hydrogen-bond donors (Lipinski definition) is 1. The summed E-state index contributed by atoms with van der Waals surface area (Å²) in [6.07, 6.45) is 4.75. The van der Waals surface area contributed by atoms with Crippen LogP contribution in [0.5, 0.6) is 0 Å². The van der Waals surface area contributed by atoms with E-state index < -0.39 is 0 Å². The summed E-state index contributed by atoms with van der Waals surface area (Å²) in [4.78, 5) is 6.76. The van der Waals surface area contributed by atoms with E-state index in [-0.39, 0.29) is 12.1 Å². The third kappa shape index (κ3) is 3.10. The number of aromatic nitrogens is 2. The summed E-state index contributed by atoms with van der Waals surface area (Å²) in [6.45, 7) is 9.04. The summed E-state index contributed by atoms with van der Waals surface area (Å²) in [5, 5.41) is 0. The van der Waals surface area contributed by atoms with E-state index in [0.29, 0.717) is 0 Å². The fraction of sp³-hybridized carbons (Fsp3) is 0.769. The standard InChI is InChI=1S/C13H24N4O/c1-3-16-7-8-18-12(10-16)11(14)9-13-15-5-6-17(13)4-2/h5-6,11-12H,3-4,7-10,14H2,1-2H3. The Bertz CT molecular complexity index is 366. The summed E-state index contributed by atoms with van der Waals surface area (Å²) in [5.74, 6) is 1.06. The molecule has 0 saturated carbocycles. The molecule has 0 radical (unpaired) electrons. The molecule has 1 fully saturated rings. The van der Waals surface area contributed by atoms with Crippen LogP contribution in [0.2, 0.25) is 0 Å². The number of likely N-dealkylation sites (N-methyl/N-ethyl adjacent to an activating group) is 1. The summed E-state index contributed by atoms with van der Waals surface area (Å²) >= 11 is 0. The molecule has 102 valence electrons. The normalized spacial score (nSPS) is 23.2. The predicted octanol–water partition coefficient (Wildman–Crippen LogP) is 0.494. The Labute approximate surface area is 109 Å². The topological polar surface area (TPSA) is 56.3 Å². The van der Waals surface area contributed by atoms with Gasteiger partial charge in [-0.05, 0) is 13.5 Å².